The minimum atomic E-state index is 0.431. The van der Waals surface area contributed by atoms with Crippen LogP contribution in [0.2, 0.25) is 16.4 Å². The van der Waals surface area contributed by atoms with E-state index in [1.807, 2.05) is 0 Å². The van der Waals surface area contributed by atoms with Crippen molar-refractivity contribution in [1.29, 1.82) is 0 Å². The van der Waals surface area contributed by atoms with Crippen molar-refractivity contribution in [3.05, 3.63) is 0 Å². The topological polar surface area (TPSA) is 0 Å². The molecule has 0 amide bonds. The van der Waals surface area contributed by atoms with Crippen LogP contribution in [0.1, 0.15) is 34.6 Å². The highest BCUT2D eigenvalue weighted by Gasteiger charge is 2.68. The van der Waals surface area contributed by atoms with Crippen LogP contribution in [0.5, 0.6) is 0 Å². The van der Waals surface area contributed by atoms with E-state index in [1.165, 1.54) is 0 Å². The zero-order chi connectivity index (χ0) is 8.86. The zero-order valence-corrected chi connectivity index (χ0v) is 8.23. The van der Waals surface area contributed by atoms with Crippen LogP contribution >= 0.6 is 0 Å². The molecule has 0 bridgehead atoms. The molecule has 0 aromatic carbocycles. The Labute approximate surface area is 70.8 Å². The van der Waals surface area contributed by atoms with Gasteiger partial charge in [0.1, 0.15) is 0 Å². The molecule has 60 valence electrons. The Morgan fingerprint density at radius 1 is 1.18 bits per heavy atom. The minimum absolute atomic E-state index is 0.431. The van der Waals surface area contributed by atoms with Crippen molar-refractivity contribution in [1.82, 2.24) is 0 Å². The summed E-state index contributed by atoms with van der Waals surface area (Å²) in [6.07, 6.45) is 5.41. The number of hydrogen-bond donors (Lipinski definition) is 0. The molecule has 0 nitrogen and oxygen atoms in total. The van der Waals surface area contributed by atoms with E-state index < -0.39 is 0 Å². The summed E-state index contributed by atoms with van der Waals surface area (Å²) in [5.74, 6) is 3.27. The summed E-state index contributed by atoms with van der Waals surface area (Å²) in [6.45, 7) is 12.1. The van der Waals surface area contributed by atoms with Gasteiger partial charge in [-0.15, -0.1) is 12.3 Å². The van der Waals surface area contributed by atoms with Crippen LogP contribution < -0.4 is 0 Å². The van der Waals surface area contributed by atoms with E-state index in [9.17, 15) is 0 Å². The van der Waals surface area contributed by atoms with Crippen LogP contribution in [0, 0.1) is 12.3 Å². The third kappa shape index (κ3) is 0.923. The molecule has 0 saturated carbocycles. The van der Waals surface area contributed by atoms with Crippen molar-refractivity contribution in [3.8, 4) is 12.3 Å². The molecule has 1 atom stereocenters. The second kappa shape index (κ2) is 2.06. The molecule has 1 aliphatic rings. The molecule has 1 fully saturated rings. The normalized spacial score (nSPS) is 27.5. The van der Waals surface area contributed by atoms with Gasteiger partial charge in [0.25, 0.3) is 0 Å². The van der Waals surface area contributed by atoms with Gasteiger partial charge in [0.2, 0.25) is 0 Å². The van der Waals surface area contributed by atoms with E-state index >= 15 is 0 Å². The van der Waals surface area contributed by atoms with E-state index in [0.717, 1.165) is 0 Å². The summed E-state index contributed by atoms with van der Waals surface area (Å²) in [6, 6.07) is 0. The molecule has 0 N–H and O–H groups in total. The molecule has 0 unspecified atom stereocenters. The average Bonchev–Trinajstić information content (AvgIpc) is 2.24. The Morgan fingerprint density at radius 2 is 1.55 bits per heavy atom. The summed E-state index contributed by atoms with van der Waals surface area (Å²) in [7, 11) is 0. The smallest absolute Gasteiger partial charge is 0.121 e. The Morgan fingerprint density at radius 3 is 1.64 bits per heavy atom. The highest BCUT2D eigenvalue weighted by Crippen LogP contribution is 2.76. The van der Waals surface area contributed by atoms with Crippen molar-refractivity contribution in [3.63, 3.8) is 0 Å². The van der Waals surface area contributed by atoms with E-state index in [0.29, 0.717) is 23.2 Å². The van der Waals surface area contributed by atoms with Gasteiger partial charge in [-0.25, -0.2) is 0 Å². The summed E-state index contributed by atoms with van der Waals surface area (Å²) in [5, 5.41) is 0.886. The third-order valence-corrected chi connectivity index (χ3v) is 3.90. The van der Waals surface area contributed by atoms with Gasteiger partial charge >= 0.3 is 0 Å². The van der Waals surface area contributed by atoms with Gasteiger partial charge in [0.05, 0.1) is 0 Å². The summed E-state index contributed by atoms with van der Waals surface area (Å²) in [4.78, 5) is 0. The second-order valence-electron chi connectivity index (χ2n) is 4.88. The molecule has 11 heavy (non-hydrogen) atoms. The third-order valence-electron chi connectivity index (χ3n) is 3.90. The van der Waals surface area contributed by atoms with Gasteiger partial charge in [0, 0.05) is 0 Å². The Bertz CT molecular complexity index is 193. The fourth-order valence-electron chi connectivity index (χ4n) is 2.59. The Hall–Kier alpha value is -0.375. The Balaban J connectivity index is 2.77. The molecule has 1 saturated heterocycles. The largest absolute Gasteiger partial charge is 0.168 e. The summed E-state index contributed by atoms with van der Waals surface area (Å²) >= 11 is 0. The highest BCUT2D eigenvalue weighted by molar-refractivity contribution is 6.80. The maximum absolute atomic E-state index is 5.41. The van der Waals surface area contributed by atoms with Gasteiger partial charge in [-0.05, 0) is 5.82 Å². The van der Waals surface area contributed by atoms with Crippen molar-refractivity contribution in [2.45, 2.75) is 51.1 Å². The zero-order valence-electron chi connectivity index (χ0n) is 8.23. The lowest BCUT2D eigenvalue weighted by molar-refractivity contribution is 0.628. The highest BCUT2D eigenvalue weighted by atomic mass is 14.5. The molecule has 0 radical (unpaired) electrons. The van der Waals surface area contributed by atoms with E-state index in [-0.39, 0.29) is 0 Å². The van der Waals surface area contributed by atoms with Crippen LogP contribution in [0.15, 0.2) is 0 Å². The van der Waals surface area contributed by atoms with Crippen molar-refractivity contribution >= 4 is 6.71 Å². The van der Waals surface area contributed by atoms with E-state index in [2.05, 4.69) is 40.5 Å². The SMILES string of the molecule is C#C[C@@H](C)B1C(C)(C)C1(C)C. The van der Waals surface area contributed by atoms with Crippen LogP contribution in [-0.2, 0) is 0 Å². The molecule has 0 aromatic heterocycles. The molecular weight excluding hydrogens is 131 g/mol. The van der Waals surface area contributed by atoms with Gasteiger partial charge in [0.15, 0.2) is 6.71 Å². The fourth-order valence-corrected chi connectivity index (χ4v) is 2.59. The number of terminal acetylenes is 1. The van der Waals surface area contributed by atoms with Crippen molar-refractivity contribution in [2.75, 3.05) is 0 Å². The molecule has 0 aromatic rings. The first kappa shape index (κ1) is 8.72. The van der Waals surface area contributed by atoms with Gasteiger partial charge in [-0.3, -0.25) is 0 Å². The van der Waals surface area contributed by atoms with Crippen LogP contribution in [0.3, 0.4) is 0 Å². The van der Waals surface area contributed by atoms with Crippen molar-refractivity contribution < 1.29 is 0 Å². The van der Waals surface area contributed by atoms with Gasteiger partial charge < -0.3 is 0 Å². The lowest BCUT2D eigenvalue weighted by Crippen LogP contribution is -2.03. The molecule has 1 rings (SSSR count). The molecule has 0 spiro atoms. The van der Waals surface area contributed by atoms with Crippen LogP contribution in [0.25, 0.3) is 0 Å². The van der Waals surface area contributed by atoms with E-state index in [1.54, 1.807) is 0 Å². The average molecular weight is 148 g/mol. The molecule has 1 heteroatoms. The quantitative estimate of drug-likeness (QED) is 0.396. The predicted octanol–water partition coefficient (Wildman–Crippen LogP) is 3.08. The van der Waals surface area contributed by atoms with Crippen molar-refractivity contribution in [2.24, 2.45) is 0 Å². The second-order valence-corrected chi connectivity index (χ2v) is 4.88. The fraction of sp³-hybridized carbons (Fsp3) is 0.800. The molecule has 1 aliphatic heterocycles. The summed E-state index contributed by atoms with van der Waals surface area (Å²) in [5.41, 5.74) is 0. The molecule has 1 heterocycles. The maximum atomic E-state index is 5.41. The first-order valence-electron chi connectivity index (χ1n) is 4.32. The lowest BCUT2D eigenvalue weighted by Gasteiger charge is -2.06. The predicted molar refractivity (Wildman–Crippen MR) is 52.1 cm³/mol. The maximum Gasteiger partial charge on any atom is 0.168 e. The van der Waals surface area contributed by atoms with Crippen LogP contribution in [0.4, 0.5) is 0 Å². The van der Waals surface area contributed by atoms with E-state index in [4.69, 9.17) is 6.42 Å². The standard InChI is InChI=1S/C10H17B/c1-7-8(2)11-9(3,4)10(11,5)6/h1,8H,2-6H3/t8-/m1/s1. The van der Waals surface area contributed by atoms with Gasteiger partial charge in [-0.1, -0.05) is 45.2 Å². The number of hydrogen-bond acceptors (Lipinski definition) is 0. The number of rotatable bonds is 1. The first-order chi connectivity index (χ1) is 4.85. The molecular formula is C10H17B. The molecule has 0 aliphatic carbocycles. The Kier molecular flexibility index (Phi) is 1.64. The monoisotopic (exact) mass is 148 g/mol. The summed E-state index contributed by atoms with van der Waals surface area (Å²) < 4.78 is 0. The lowest BCUT2D eigenvalue weighted by atomic mass is 9.49. The minimum Gasteiger partial charge on any atom is -0.121 e. The van der Waals surface area contributed by atoms with Gasteiger partial charge in [-0.2, -0.15) is 0 Å². The van der Waals surface area contributed by atoms with Crippen LogP contribution in [-0.4, -0.2) is 6.71 Å². The first-order valence-corrected chi connectivity index (χ1v) is 4.32.